The highest BCUT2D eigenvalue weighted by Crippen LogP contribution is 2.33. The van der Waals surface area contributed by atoms with Crippen molar-refractivity contribution in [3.8, 4) is 0 Å². The maximum absolute atomic E-state index is 5.81. The van der Waals surface area contributed by atoms with Crippen LogP contribution in [-0.2, 0) is 0 Å². The van der Waals surface area contributed by atoms with Crippen LogP contribution in [0.25, 0.3) is 0 Å². The second-order valence-electron chi connectivity index (χ2n) is 5.15. The fourth-order valence-electron chi connectivity index (χ4n) is 2.13. The molecular weight excluding hydrogens is 186 g/mol. The summed E-state index contributed by atoms with van der Waals surface area (Å²) in [5, 5.41) is 3.48. The van der Waals surface area contributed by atoms with E-state index in [1.54, 1.807) is 0 Å². The number of rotatable bonds is 0. The van der Waals surface area contributed by atoms with Gasteiger partial charge in [0.05, 0.1) is 11.4 Å². The van der Waals surface area contributed by atoms with Gasteiger partial charge in [-0.3, -0.25) is 0 Å². The van der Waals surface area contributed by atoms with Gasteiger partial charge >= 0.3 is 0 Å². The van der Waals surface area contributed by atoms with Crippen molar-refractivity contribution in [3.05, 3.63) is 18.2 Å². The Balaban J connectivity index is 2.40. The van der Waals surface area contributed by atoms with E-state index in [4.69, 9.17) is 5.73 Å². The number of anilines is 3. The molecule has 0 atom stereocenters. The molecule has 3 nitrogen and oxygen atoms in total. The van der Waals surface area contributed by atoms with E-state index in [-0.39, 0.29) is 5.41 Å². The van der Waals surface area contributed by atoms with Gasteiger partial charge in [-0.2, -0.15) is 0 Å². The average molecular weight is 205 g/mol. The SMILES string of the molecule is CN1CC(C)(C)CNc2ccc(N)cc21. The Hall–Kier alpha value is -1.38. The van der Waals surface area contributed by atoms with E-state index in [1.807, 2.05) is 12.1 Å². The van der Waals surface area contributed by atoms with Gasteiger partial charge in [-0.25, -0.2) is 0 Å². The highest BCUT2D eigenvalue weighted by Gasteiger charge is 2.25. The van der Waals surface area contributed by atoms with Crippen LogP contribution in [0.5, 0.6) is 0 Å². The molecule has 0 radical (unpaired) electrons. The minimum Gasteiger partial charge on any atom is -0.399 e. The molecule has 1 aliphatic heterocycles. The third-order valence-corrected chi connectivity index (χ3v) is 2.86. The summed E-state index contributed by atoms with van der Waals surface area (Å²) in [6, 6.07) is 6.03. The molecule has 2 rings (SSSR count). The molecule has 0 unspecified atom stereocenters. The molecule has 15 heavy (non-hydrogen) atoms. The van der Waals surface area contributed by atoms with Crippen LogP contribution in [0.1, 0.15) is 13.8 Å². The summed E-state index contributed by atoms with van der Waals surface area (Å²) in [6.07, 6.45) is 0. The molecule has 1 heterocycles. The lowest BCUT2D eigenvalue weighted by atomic mass is 9.93. The number of fused-ring (bicyclic) bond motifs is 1. The zero-order valence-corrected chi connectivity index (χ0v) is 9.67. The first-order valence-electron chi connectivity index (χ1n) is 5.32. The Bertz CT molecular complexity index is 371. The van der Waals surface area contributed by atoms with Crippen LogP contribution in [0.3, 0.4) is 0 Å². The lowest BCUT2D eigenvalue weighted by Crippen LogP contribution is -2.33. The number of nitrogens with one attached hydrogen (secondary N) is 1. The first-order chi connectivity index (χ1) is 6.98. The lowest BCUT2D eigenvalue weighted by Gasteiger charge is -2.27. The first kappa shape index (κ1) is 10.1. The smallest absolute Gasteiger partial charge is 0.0620 e. The summed E-state index contributed by atoms with van der Waals surface area (Å²) in [5.74, 6) is 0. The zero-order valence-electron chi connectivity index (χ0n) is 9.67. The second-order valence-corrected chi connectivity index (χ2v) is 5.15. The van der Waals surface area contributed by atoms with Crippen LogP contribution in [0, 0.1) is 5.41 Å². The monoisotopic (exact) mass is 205 g/mol. The van der Waals surface area contributed by atoms with Crippen molar-refractivity contribution in [1.82, 2.24) is 0 Å². The lowest BCUT2D eigenvalue weighted by molar-refractivity contribution is 0.403. The summed E-state index contributed by atoms with van der Waals surface area (Å²) < 4.78 is 0. The molecular formula is C12H19N3. The topological polar surface area (TPSA) is 41.3 Å². The molecule has 3 N–H and O–H groups in total. The number of nitrogen functional groups attached to an aromatic ring is 1. The number of hydrogen-bond acceptors (Lipinski definition) is 3. The average Bonchev–Trinajstić information content (AvgIpc) is 2.24. The Kier molecular flexibility index (Phi) is 2.25. The zero-order chi connectivity index (χ0) is 11.1. The third-order valence-electron chi connectivity index (χ3n) is 2.86. The van der Waals surface area contributed by atoms with Crippen LogP contribution in [0.4, 0.5) is 17.1 Å². The molecule has 0 amide bonds. The van der Waals surface area contributed by atoms with Crippen molar-refractivity contribution in [2.45, 2.75) is 13.8 Å². The molecule has 82 valence electrons. The quantitative estimate of drug-likeness (QED) is 0.638. The molecule has 3 heteroatoms. The normalized spacial score (nSPS) is 19.0. The minimum atomic E-state index is 0.280. The Morgan fingerprint density at radius 2 is 2.13 bits per heavy atom. The summed E-state index contributed by atoms with van der Waals surface area (Å²) in [5.41, 5.74) is 9.28. The molecule has 0 aromatic heterocycles. The van der Waals surface area contributed by atoms with E-state index >= 15 is 0 Å². The summed E-state index contributed by atoms with van der Waals surface area (Å²) in [4.78, 5) is 2.27. The largest absolute Gasteiger partial charge is 0.399 e. The first-order valence-corrected chi connectivity index (χ1v) is 5.32. The van der Waals surface area contributed by atoms with Gasteiger partial charge in [0.25, 0.3) is 0 Å². The summed E-state index contributed by atoms with van der Waals surface area (Å²) in [6.45, 7) is 6.57. The maximum atomic E-state index is 5.81. The van der Waals surface area contributed by atoms with Crippen molar-refractivity contribution >= 4 is 17.1 Å². The van der Waals surface area contributed by atoms with E-state index < -0.39 is 0 Å². The molecule has 1 aliphatic rings. The van der Waals surface area contributed by atoms with Crippen LogP contribution >= 0.6 is 0 Å². The number of hydrogen-bond donors (Lipinski definition) is 2. The molecule has 0 bridgehead atoms. The predicted molar refractivity (Wildman–Crippen MR) is 66.4 cm³/mol. The van der Waals surface area contributed by atoms with Gasteiger partial charge in [0, 0.05) is 25.8 Å². The Morgan fingerprint density at radius 1 is 1.40 bits per heavy atom. The number of benzene rings is 1. The Morgan fingerprint density at radius 3 is 2.87 bits per heavy atom. The van der Waals surface area contributed by atoms with Crippen LogP contribution < -0.4 is 16.0 Å². The molecule has 0 aliphatic carbocycles. The molecule has 1 aromatic carbocycles. The van der Waals surface area contributed by atoms with Crippen LogP contribution in [-0.4, -0.2) is 20.1 Å². The van der Waals surface area contributed by atoms with Crippen molar-refractivity contribution in [3.63, 3.8) is 0 Å². The van der Waals surface area contributed by atoms with E-state index in [0.717, 1.165) is 18.8 Å². The van der Waals surface area contributed by atoms with Crippen LogP contribution in [0.15, 0.2) is 18.2 Å². The third kappa shape index (κ3) is 2.01. The van der Waals surface area contributed by atoms with Crippen molar-refractivity contribution in [2.24, 2.45) is 5.41 Å². The van der Waals surface area contributed by atoms with E-state index in [2.05, 4.69) is 37.2 Å². The Labute approximate surface area is 91.3 Å². The molecule has 0 saturated heterocycles. The van der Waals surface area contributed by atoms with Gasteiger partial charge in [0.2, 0.25) is 0 Å². The van der Waals surface area contributed by atoms with E-state index in [9.17, 15) is 0 Å². The van der Waals surface area contributed by atoms with Gasteiger partial charge in [-0.15, -0.1) is 0 Å². The van der Waals surface area contributed by atoms with Crippen molar-refractivity contribution in [2.75, 3.05) is 36.1 Å². The molecule has 0 saturated carbocycles. The fraction of sp³-hybridized carbons (Fsp3) is 0.500. The maximum Gasteiger partial charge on any atom is 0.0620 e. The fourth-order valence-corrected chi connectivity index (χ4v) is 2.13. The predicted octanol–water partition coefficient (Wildman–Crippen LogP) is 2.16. The number of nitrogens with two attached hydrogens (primary N) is 1. The second kappa shape index (κ2) is 3.33. The van der Waals surface area contributed by atoms with E-state index in [0.29, 0.717) is 0 Å². The molecule has 0 spiro atoms. The van der Waals surface area contributed by atoms with Gasteiger partial charge in [-0.1, -0.05) is 13.8 Å². The highest BCUT2D eigenvalue weighted by molar-refractivity contribution is 5.74. The summed E-state index contributed by atoms with van der Waals surface area (Å²) >= 11 is 0. The minimum absolute atomic E-state index is 0.280. The van der Waals surface area contributed by atoms with Crippen LogP contribution in [0.2, 0.25) is 0 Å². The van der Waals surface area contributed by atoms with Gasteiger partial charge in [-0.05, 0) is 23.6 Å². The van der Waals surface area contributed by atoms with Gasteiger partial charge in [0.15, 0.2) is 0 Å². The van der Waals surface area contributed by atoms with E-state index in [1.165, 1.54) is 11.4 Å². The number of nitrogens with zero attached hydrogens (tertiary/aromatic N) is 1. The van der Waals surface area contributed by atoms with Crippen molar-refractivity contribution < 1.29 is 0 Å². The standard InChI is InChI=1S/C12H19N3/c1-12(2)7-14-10-5-4-9(13)6-11(10)15(3)8-12/h4-6,14H,7-8,13H2,1-3H3. The highest BCUT2D eigenvalue weighted by atomic mass is 15.1. The van der Waals surface area contributed by atoms with Gasteiger partial charge in [0.1, 0.15) is 0 Å². The van der Waals surface area contributed by atoms with Crippen molar-refractivity contribution in [1.29, 1.82) is 0 Å². The molecule has 1 aromatic rings. The van der Waals surface area contributed by atoms with Gasteiger partial charge < -0.3 is 16.0 Å². The summed E-state index contributed by atoms with van der Waals surface area (Å²) in [7, 11) is 2.12. The molecule has 0 fully saturated rings.